The first kappa shape index (κ1) is 16.0. The largest absolute Gasteiger partial charge is 0.480 e. The molecule has 1 aromatic rings. The molecule has 1 atom stereocenters. The van der Waals surface area contributed by atoms with Gasteiger partial charge in [0.25, 0.3) is 5.91 Å². The number of amides is 1. The number of hydrogen-bond donors (Lipinski definition) is 2. The molecule has 0 aliphatic heterocycles. The van der Waals surface area contributed by atoms with Crippen molar-refractivity contribution in [2.75, 3.05) is 0 Å². The Kier molecular flexibility index (Phi) is 5.12. The van der Waals surface area contributed by atoms with Gasteiger partial charge in [-0.05, 0) is 18.1 Å². The summed E-state index contributed by atoms with van der Waals surface area (Å²) in [5.74, 6) is -2.54. The van der Waals surface area contributed by atoms with Gasteiger partial charge in [-0.15, -0.1) is 0 Å². The van der Waals surface area contributed by atoms with Crippen molar-refractivity contribution in [3.8, 4) is 0 Å². The molecule has 2 N–H and O–H groups in total. The van der Waals surface area contributed by atoms with E-state index in [2.05, 4.69) is 0 Å². The summed E-state index contributed by atoms with van der Waals surface area (Å²) in [7, 11) is 0. The Hall–Kier alpha value is -2.05. The first-order chi connectivity index (χ1) is 9.24. The van der Waals surface area contributed by atoms with E-state index in [0.717, 1.165) is 0 Å². The number of carbonyl (C=O) groups is 2. The highest BCUT2D eigenvalue weighted by atomic mass is 19.4. The lowest BCUT2D eigenvalue weighted by atomic mass is 10.0. The van der Waals surface area contributed by atoms with Crippen molar-refractivity contribution in [3.63, 3.8) is 0 Å². The number of carboxylic acids is 1. The fraction of sp³-hybridized carbons (Fsp3) is 0.385. The Bertz CT molecular complexity index is 500. The molecule has 0 bridgehead atoms. The Morgan fingerprint density at radius 3 is 2.40 bits per heavy atom. The molecule has 4 nitrogen and oxygen atoms in total. The van der Waals surface area contributed by atoms with Crippen molar-refractivity contribution in [1.29, 1.82) is 0 Å². The predicted molar refractivity (Wildman–Crippen MR) is 65.4 cm³/mol. The lowest BCUT2D eigenvalue weighted by molar-refractivity contribution is -0.157. The first-order valence-electron chi connectivity index (χ1n) is 5.93. The van der Waals surface area contributed by atoms with Gasteiger partial charge < -0.3 is 10.4 Å². The quantitative estimate of drug-likeness (QED) is 0.874. The summed E-state index contributed by atoms with van der Waals surface area (Å²) in [5, 5.41) is 10.6. The smallest absolute Gasteiger partial charge is 0.391 e. The molecular weight excluding hydrogens is 275 g/mol. The maximum atomic E-state index is 12.2. The van der Waals surface area contributed by atoms with Gasteiger partial charge in [-0.25, -0.2) is 4.79 Å². The third-order valence-corrected chi connectivity index (χ3v) is 2.68. The Morgan fingerprint density at radius 1 is 1.30 bits per heavy atom. The Balaban J connectivity index is 2.89. The predicted octanol–water partition coefficient (Wildman–Crippen LogP) is 2.38. The minimum Gasteiger partial charge on any atom is -0.480 e. The van der Waals surface area contributed by atoms with Crippen LogP contribution in [0.3, 0.4) is 0 Å². The molecule has 0 aliphatic carbocycles. The summed E-state index contributed by atoms with van der Waals surface area (Å²) in [6.45, 7) is 1.79. The highest BCUT2D eigenvalue weighted by molar-refractivity contribution is 5.97. The molecule has 0 aromatic heterocycles. The van der Waals surface area contributed by atoms with Crippen LogP contribution in [0.2, 0.25) is 0 Å². The van der Waals surface area contributed by atoms with E-state index in [1.807, 2.05) is 5.32 Å². The highest BCUT2D eigenvalue weighted by Crippen LogP contribution is 2.22. The molecule has 1 unspecified atom stereocenters. The zero-order valence-corrected chi connectivity index (χ0v) is 10.7. The molecule has 0 saturated carbocycles. The van der Waals surface area contributed by atoms with Crippen molar-refractivity contribution in [2.45, 2.75) is 32.0 Å². The summed E-state index contributed by atoms with van der Waals surface area (Å²) >= 11 is 0. The maximum Gasteiger partial charge on any atom is 0.391 e. The van der Waals surface area contributed by atoms with Crippen LogP contribution in [-0.2, 0) is 11.2 Å². The van der Waals surface area contributed by atoms with Crippen LogP contribution in [0.15, 0.2) is 24.3 Å². The minimum absolute atomic E-state index is 0.184. The van der Waals surface area contributed by atoms with Crippen LogP contribution in [0.5, 0.6) is 0 Å². The summed E-state index contributed by atoms with van der Waals surface area (Å²) in [6.07, 6.45) is -5.76. The monoisotopic (exact) mass is 289 g/mol. The summed E-state index contributed by atoms with van der Waals surface area (Å²) < 4.78 is 36.7. The minimum atomic E-state index is -4.67. The van der Waals surface area contributed by atoms with Crippen molar-refractivity contribution in [2.24, 2.45) is 0 Å². The molecule has 0 fully saturated rings. The Labute approximate surface area is 113 Å². The van der Waals surface area contributed by atoms with Gasteiger partial charge in [-0.1, -0.05) is 25.1 Å². The maximum absolute atomic E-state index is 12.2. The molecular formula is C13H14F3NO3. The van der Waals surface area contributed by atoms with Crippen LogP contribution in [-0.4, -0.2) is 29.2 Å². The number of aryl methyl sites for hydroxylation is 1. The lowest BCUT2D eigenvalue weighted by Crippen LogP contribution is -2.43. The van der Waals surface area contributed by atoms with Gasteiger partial charge >= 0.3 is 12.1 Å². The molecule has 0 spiro atoms. The van der Waals surface area contributed by atoms with Crippen LogP contribution in [0.25, 0.3) is 0 Å². The second-order valence-electron chi connectivity index (χ2n) is 4.19. The van der Waals surface area contributed by atoms with Crippen LogP contribution in [0.1, 0.15) is 29.3 Å². The average Bonchev–Trinajstić information content (AvgIpc) is 2.36. The zero-order valence-electron chi connectivity index (χ0n) is 10.7. The van der Waals surface area contributed by atoms with Crippen molar-refractivity contribution >= 4 is 11.9 Å². The normalized spacial score (nSPS) is 12.8. The van der Waals surface area contributed by atoms with Crippen molar-refractivity contribution < 1.29 is 27.9 Å². The number of hydrogen-bond acceptors (Lipinski definition) is 2. The van der Waals surface area contributed by atoms with Crippen molar-refractivity contribution in [3.05, 3.63) is 35.4 Å². The van der Waals surface area contributed by atoms with E-state index in [4.69, 9.17) is 5.11 Å². The molecule has 1 amide bonds. The number of rotatable bonds is 5. The second kappa shape index (κ2) is 6.40. The van der Waals surface area contributed by atoms with Gasteiger partial charge in [0.1, 0.15) is 6.04 Å². The fourth-order valence-corrected chi connectivity index (χ4v) is 1.72. The molecule has 0 saturated heterocycles. The van der Waals surface area contributed by atoms with E-state index < -0.39 is 30.5 Å². The molecule has 1 rings (SSSR count). The van der Waals surface area contributed by atoms with E-state index >= 15 is 0 Å². The number of aliphatic carboxylic acids is 1. The van der Waals surface area contributed by atoms with Crippen LogP contribution in [0, 0.1) is 0 Å². The number of halogens is 3. The van der Waals surface area contributed by atoms with E-state index in [0.29, 0.717) is 12.0 Å². The highest BCUT2D eigenvalue weighted by Gasteiger charge is 2.36. The molecule has 0 aliphatic rings. The molecule has 0 heterocycles. The van der Waals surface area contributed by atoms with E-state index in [-0.39, 0.29) is 5.56 Å². The van der Waals surface area contributed by atoms with Crippen LogP contribution >= 0.6 is 0 Å². The summed E-state index contributed by atoms with van der Waals surface area (Å²) in [4.78, 5) is 22.7. The lowest BCUT2D eigenvalue weighted by Gasteiger charge is -2.17. The van der Waals surface area contributed by atoms with E-state index in [1.165, 1.54) is 6.07 Å². The second-order valence-corrected chi connectivity index (χ2v) is 4.19. The summed E-state index contributed by atoms with van der Waals surface area (Å²) in [6, 6.07) is 4.37. The van der Waals surface area contributed by atoms with E-state index in [1.54, 1.807) is 25.1 Å². The van der Waals surface area contributed by atoms with Gasteiger partial charge in [0, 0.05) is 5.56 Å². The molecule has 1 aromatic carbocycles. The number of alkyl halides is 3. The number of nitrogens with one attached hydrogen (secondary N) is 1. The van der Waals surface area contributed by atoms with Crippen molar-refractivity contribution in [1.82, 2.24) is 5.32 Å². The Morgan fingerprint density at radius 2 is 1.90 bits per heavy atom. The molecule has 20 heavy (non-hydrogen) atoms. The third-order valence-electron chi connectivity index (χ3n) is 2.68. The third kappa shape index (κ3) is 4.56. The summed E-state index contributed by atoms with van der Waals surface area (Å²) in [5.41, 5.74) is 0.824. The van der Waals surface area contributed by atoms with E-state index in [9.17, 15) is 22.8 Å². The van der Waals surface area contributed by atoms with Gasteiger partial charge in [0.2, 0.25) is 0 Å². The average molecular weight is 289 g/mol. The SMILES string of the molecule is CCc1ccccc1C(=O)NC(CC(F)(F)F)C(=O)O. The molecule has 0 radical (unpaired) electrons. The topological polar surface area (TPSA) is 66.4 Å². The zero-order chi connectivity index (χ0) is 15.3. The molecule has 7 heteroatoms. The fourth-order valence-electron chi connectivity index (χ4n) is 1.72. The van der Waals surface area contributed by atoms with Crippen LogP contribution < -0.4 is 5.32 Å². The van der Waals surface area contributed by atoms with Gasteiger partial charge in [-0.3, -0.25) is 4.79 Å². The van der Waals surface area contributed by atoms with Crippen LogP contribution in [0.4, 0.5) is 13.2 Å². The number of benzene rings is 1. The molecule has 110 valence electrons. The van der Waals surface area contributed by atoms with Gasteiger partial charge in [-0.2, -0.15) is 13.2 Å². The number of carbonyl (C=O) groups excluding carboxylic acids is 1. The van der Waals surface area contributed by atoms with Gasteiger partial charge in [0.15, 0.2) is 0 Å². The van der Waals surface area contributed by atoms with Gasteiger partial charge in [0.05, 0.1) is 6.42 Å². The number of carboxylic acid groups (broad SMARTS) is 1. The standard InChI is InChI=1S/C13H14F3NO3/c1-2-8-5-3-4-6-9(8)11(18)17-10(12(19)20)7-13(14,15)16/h3-6,10H,2,7H2,1H3,(H,17,18)(H,19,20). The first-order valence-corrected chi connectivity index (χ1v) is 5.93.